The van der Waals surface area contributed by atoms with Crippen LogP contribution in [-0.2, 0) is 22.5 Å². The molecule has 2 aromatic heterocycles. The molecule has 1 aromatic carbocycles. The van der Waals surface area contributed by atoms with Crippen molar-refractivity contribution in [2.75, 3.05) is 31.7 Å². The number of halogens is 2. The largest absolute Gasteiger partial charge is 0.467 e. The molecule has 7 nitrogen and oxygen atoms in total. The Balaban J connectivity index is 1.83. The Bertz CT molecular complexity index is 996. The van der Waals surface area contributed by atoms with Gasteiger partial charge in [0.15, 0.2) is 0 Å². The smallest absolute Gasteiger partial charge is 0.222 e. The molecule has 0 fully saturated rings. The third-order valence-electron chi connectivity index (χ3n) is 4.57. The Hall–Kier alpha value is -2.35. The molecule has 0 saturated heterocycles. The van der Waals surface area contributed by atoms with Gasteiger partial charge in [-0.05, 0) is 24.3 Å². The molecule has 9 heteroatoms. The SMILES string of the molecule is CCc1nc(N(CCOC)CCC(=O)NCc2ccco2)c2cc(Cl)cc(Cl)c2n1. The number of anilines is 1. The van der Waals surface area contributed by atoms with Crippen molar-refractivity contribution >= 4 is 45.8 Å². The van der Waals surface area contributed by atoms with E-state index >= 15 is 0 Å². The first-order chi connectivity index (χ1) is 14.5. The minimum atomic E-state index is -0.0843. The van der Waals surface area contributed by atoms with Gasteiger partial charge in [-0.2, -0.15) is 0 Å². The monoisotopic (exact) mass is 450 g/mol. The molecule has 160 valence electrons. The van der Waals surface area contributed by atoms with Crippen LogP contribution in [0.3, 0.4) is 0 Å². The fourth-order valence-corrected chi connectivity index (χ4v) is 3.57. The van der Waals surface area contributed by atoms with Gasteiger partial charge >= 0.3 is 0 Å². The normalized spacial score (nSPS) is 11.1. The molecule has 3 aromatic rings. The van der Waals surface area contributed by atoms with E-state index < -0.39 is 0 Å². The van der Waals surface area contributed by atoms with Crippen LogP contribution in [0.5, 0.6) is 0 Å². The lowest BCUT2D eigenvalue weighted by Gasteiger charge is -2.25. The molecular weight excluding hydrogens is 427 g/mol. The predicted molar refractivity (Wildman–Crippen MR) is 118 cm³/mol. The lowest BCUT2D eigenvalue weighted by molar-refractivity contribution is -0.121. The minimum absolute atomic E-state index is 0.0843. The Morgan fingerprint density at radius 1 is 1.27 bits per heavy atom. The molecule has 0 unspecified atom stereocenters. The summed E-state index contributed by atoms with van der Waals surface area (Å²) < 4.78 is 10.5. The number of aryl methyl sites for hydroxylation is 1. The van der Waals surface area contributed by atoms with Crippen molar-refractivity contribution in [3.05, 3.63) is 52.2 Å². The fourth-order valence-electron chi connectivity index (χ4n) is 3.03. The molecule has 0 spiro atoms. The first-order valence-corrected chi connectivity index (χ1v) is 10.5. The summed E-state index contributed by atoms with van der Waals surface area (Å²) in [5, 5.41) is 4.58. The van der Waals surface area contributed by atoms with E-state index in [1.165, 1.54) is 0 Å². The highest BCUT2D eigenvalue weighted by Crippen LogP contribution is 2.32. The van der Waals surface area contributed by atoms with Gasteiger partial charge in [-0.15, -0.1) is 0 Å². The van der Waals surface area contributed by atoms with Crippen LogP contribution in [0.4, 0.5) is 5.82 Å². The minimum Gasteiger partial charge on any atom is -0.467 e. The number of ether oxygens (including phenoxy) is 1. The zero-order valence-corrected chi connectivity index (χ0v) is 18.5. The molecule has 1 N–H and O–H groups in total. The number of rotatable bonds is 10. The van der Waals surface area contributed by atoms with Crippen molar-refractivity contribution in [3.63, 3.8) is 0 Å². The maximum atomic E-state index is 12.4. The third kappa shape index (κ3) is 5.62. The van der Waals surface area contributed by atoms with Crippen LogP contribution in [0.2, 0.25) is 10.0 Å². The highest BCUT2D eigenvalue weighted by atomic mass is 35.5. The molecule has 1 amide bonds. The zero-order chi connectivity index (χ0) is 21.5. The zero-order valence-electron chi connectivity index (χ0n) is 17.0. The van der Waals surface area contributed by atoms with Crippen LogP contribution < -0.4 is 10.2 Å². The summed E-state index contributed by atoms with van der Waals surface area (Å²) >= 11 is 12.6. The first kappa shape index (κ1) is 22.3. The van der Waals surface area contributed by atoms with Crippen molar-refractivity contribution in [1.29, 1.82) is 0 Å². The van der Waals surface area contributed by atoms with Crippen LogP contribution in [-0.4, -0.2) is 42.7 Å². The Kier molecular flexibility index (Phi) is 7.90. The standard InChI is InChI=1S/C21H24Cl2N4O3/c1-3-18-25-20-16(11-14(22)12-17(20)23)21(26-18)27(8-10-29-2)7-6-19(28)24-13-15-5-4-9-30-15/h4-5,9,11-12H,3,6-8,10,13H2,1-2H3,(H,24,28). The van der Waals surface area contributed by atoms with Crippen molar-refractivity contribution in [2.24, 2.45) is 0 Å². The van der Waals surface area contributed by atoms with Crippen molar-refractivity contribution in [1.82, 2.24) is 15.3 Å². The van der Waals surface area contributed by atoms with E-state index in [-0.39, 0.29) is 12.3 Å². The average Bonchev–Trinajstić information content (AvgIpc) is 3.25. The molecular formula is C21H24Cl2N4O3. The van der Waals surface area contributed by atoms with Crippen LogP contribution in [0.25, 0.3) is 10.9 Å². The second-order valence-corrected chi connectivity index (χ2v) is 7.53. The van der Waals surface area contributed by atoms with Gasteiger partial charge in [0.2, 0.25) is 5.91 Å². The summed E-state index contributed by atoms with van der Waals surface area (Å²) in [7, 11) is 1.64. The van der Waals surface area contributed by atoms with Crippen LogP contribution >= 0.6 is 23.2 Å². The number of hydrogen-bond acceptors (Lipinski definition) is 6. The Morgan fingerprint density at radius 3 is 2.80 bits per heavy atom. The third-order valence-corrected chi connectivity index (χ3v) is 5.08. The van der Waals surface area contributed by atoms with Gasteiger partial charge in [0, 0.05) is 43.4 Å². The lowest BCUT2D eigenvalue weighted by atomic mass is 10.2. The van der Waals surface area contributed by atoms with Crippen LogP contribution in [0.1, 0.15) is 24.9 Å². The Morgan fingerprint density at radius 2 is 2.10 bits per heavy atom. The second-order valence-electron chi connectivity index (χ2n) is 6.69. The van der Waals surface area contributed by atoms with Gasteiger partial charge in [-0.1, -0.05) is 30.1 Å². The number of fused-ring (bicyclic) bond motifs is 1. The van der Waals surface area contributed by atoms with Gasteiger partial charge < -0.3 is 19.4 Å². The number of amides is 1. The number of nitrogens with zero attached hydrogens (tertiary/aromatic N) is 3. The highest BCUT2D eigenvalue weighted by molar-refractivity contribution is 6.38. The van der Waals surface area contributed by atoms with Gasteiger partial charge in [0.05, 0.1) is 30.0 Å². The van der Waals surface area contributed by atoms with E-state index in [1.807, 2.05) is 17.9 Å². The maximum absolute atomic E-state index is 12.4. The van der Waals surface area contributed by atoms with Gasteiger partial charge in [-0.25, -0.2) is 9.97 Å². The van der Waals surface area contributed by atoms with Crippen molar-refractivity contribution in [2.45, 2.75) is 26.3 Å². The first-order valence-electron chi connectivity index (χ1n) is 9.70. The molecule has 0 saturated carbocycles. The summed E-state index contributed by atoms with van der Waals surface area (Å²) in [6.45, 7) is 3.82. The number of nitrogens with one attached hydrogen (secondary N) is 1. The maximum Gasteiger partial charge on any atom is 0.222 e. The predicted octanol–water partition coefficient (Wildman–Crippen LogP) is 4.25. The van der Waals surface area contributed by atoms with Crippen LogP contribution in [0, 0.1) is 0 Å². The summed E-state index contributed by atoms with van der Waals surface area (Å²) in [6.07, 6.45) is 2.52. The van der Waals surface area contributed by atoms with Gasteiger partial charge in [0.25, 0.3) is 0 Å². The molecule has 30 heavy (non-hydrogen) atoms. The number of hydrogen-bond donors (Lipinski definition) is 1. The molecule has 0 bridgehead atoms. The van der Waals surface area contributed by atoms with E-state index in [1.54, 1.807) is 31.6 Å². The number of methoxy groups -OCH3 is 1. The molecule has 3 rings (SSSR count). The van der Waals surface area contributed by atoms with Gasteiger partial charge in [-0.3, -0.25) is 4.79 Å². The second kappa shape index (κ2) is 10.6. The quantitative estimate of drug-likeness (QED) is 0.497. The average molecular weight is 451 g/mol. The highest BCUT2D eigenvalue weighted by Gasteiger charge is 2.18. The van der Waals surface area contributed by atoms with Crippen molar-refractivity contribution < 1.29 is 13.9 Å². The lowest BCUT2D eigenvalue weighted by Crippen LogP contribution is -2.33. The molecule has 0 radical (unpaired) electrons. The Labute approximate surface area is 185 Å². The molecule has 0 atom stereocenters. The number of carbonyl (C=O) groups excluding carboxylic acids is 1. The van der Waals surface area contributed by atoms with E-state index in [4.69, 9.17) is 37.3 Å². The molecule has 0 aliphatic heterocycles. The number of furan rings is 1. The topological polar surface area (TPSA) is 80.5 Å². The van der Waals surface area contributed by atoms with Gasteiger partial charge in [0.1, 0.15) is 17.4 Å². The van der Waals surface area contributed by atoms with Crippen LogP contribution in [0.15, 0.2) is 34.9 Å². The molecule has 2 heterocycles. The molecule has 0 aliphatic rings. The summed E-state index contributed by atoms with van der Waals surface area (Å²) in [6, 6.07) is 7.07. The van der Waals surface area contributed by atoms with E-state index in [0.717, 1.165) is 5.39 Å². The molecule has 0 aliphatic carbocycles. The summed E-state index contributed by atoms with van der Waals surface area (Å²) in [4.78, 5) is 23.6. The summed E-state index contributed by atoms with van der Waals surface area (Å²) in [5.74, 6) is 1.99. The summed E-state index contributed by atoms with van der Waals surface area (Å²) in [5.41, 5.74) is 0.646. The number of benzene rings is 1. The fraction of sp³-hybridized carbons (Fsp3) is 0.381. The number of carbonyl (C=O) groups is 1. The van der Waals surface area contributed by atoms with E-state index in [2.05, 4.69) is 10.3 Å². The van der Waals surface area contributed by atoms with E-state index in [0.29, 0.717) is 65.6 Å². The number of aromatic nitrogens is 2. The van der Waals surface area contributed by atoms with E-state index in [9.17, 15) is 4.79 Å². The van der Waals surface area contributed by atoms with Crippen molar-refractivity contribution in [3.8, 4) is 0 Å².